The number of hydrogen-bond acceptors (Lipinski definition) is 2. The van der Waals surface area contributed by atoms with E-state index in [0.717, 1.165) is 6.54 Å². The molecule has 78 valence electrons. The molecule has 1 aromatic rings. The van der Waals surface area contributed by atoms with Crippen molar-refractivity contribution in [2.45, 2.75) is 31.8 Å². The standard InChI is InChI=1S/C11H19N3/c1-9(11-5-3-7-13-11)14-10-4-2-6-12-8-10/h3,5,7,9-10,12-14H,2,4,6,8H2,1H3/t9-,10-/m1/s1. The van der Waals surface area contributed by atoms with Gasteiger partial charge in [0.05, 0.1) is 0 Å². The van der Waals surface area contributed by atoms with Crippen molar-refractivity contribution in [2.75, 3.05) is 13.1 Å². The molecule has 0 spiro atoms. The van der Waals surface area contributed by atoms with Gasteiger partial charge in [0, 0.05) is 30.5 Å². The van der Waals surface area contributed by atoms with Gasteiger partial charge in [-0.15, -0.1) is 0 Å². The zero-order valence-electron chi connectivity index (χ0n) is 8.72. The molecule has 0 amide bonds. The second kappa shape index (κ2) is 4.62. The Morgan fingerprint density at radius 1 is 1.57 bits per heavy atom. The van der Waals surface area contributed by atoms with E-state index in [2.05, 4.69) is 28.6 Å². The fourth-order valence-corrected chi connectivity index (χ4v) is 2.05. The van der Waals surface area contributed by atoms with E-state index in [4.69, 9.17) is 0 Å². The van der Waals surface area contributed by atoms with Crippen molar-refractivity contribution in [1.29, 1.82) is 0 Å². The highest BCUT2D eigenvalue weighted by molar-refractivity contribution is 5.08. The molecule has 0 radical (unpaired) electrons. The molecule has 0 unspecified atom stereocenters. The molecule has 1 fully saturated rings. The van der Waals surface area contributed by atoms with Crippen molar-refractivity contribution in [2.24, 2.45) is 0 Å². The van der Waals surface area contributed by atoms with Gasteiger partial charge < -0.3 is 15.6 Å². The summed E-state index contributed by atoms with van der Waals surface area (Å²) >= 11 is 0. The van der Waals surface area contributed by atoms with Gasteiger partial charge in [0.15, 0.2) is 0 Å². The summed E-state index contributed by atoms with van der Waals surface area (Å²) in [5.41, 5.74) is 1.27. The largest absolute Gasteiger partial charge is 0.364 e. The predicted molar refractivity (Wildman–Crippen MR) is 58.2 cm³/mol. The minimum Gasteiger partial charge on any atom is -0.364 e. The van der Waals surface area contributed by atoms with Crippen LogP contribution in [0.2, 0.25) is 0 Å². The SMILES string of the molecule is C[C@@H](N[C@@H]1CCCNC1)c1ccc[nH]1. The minimum atomic E-state index is 0.426. The van der Waals surface area contributed by atoms with Crippen LogP contribution in [-0.2, 0) is 0 Å². The third kappa shape index (κ3) is 2.36. The zero-order chi connectivity index (χ0) is 9.80. The Kier molecular flexibility index (Phi) is 3.22. The molecule has 1 saturated heterocycles. The van der Waals surface area contributed by atoms with Crippen molar-refractivity contribution >= 4 is 0 Å². The molecule has 3 nitrogen and oxygen atoms in total. The zero-order valence-corrected chi connectivity index (χ0v) is 8.72. The van der Waals surface area contributed by atoms with Crippen LogP contribution in [0.15, 0.2) is 18.3 Å². The molecule has 1 aromatic heterocycles. The van der Waals surface area contributed by atoms with E-state index in [0.29, 0.717) is 12.1 Å². The van der Waals surface area contributed by atoms with Crippen LogP contribution in [0.3, 0.4) is 0 Å². The van der Waals surface area contributed by atoms with Crippen LogP contribution < -0.4 is 10.6 Å². The molecule has 0 aliphatic carbocycles. The van der Waals surface area contributed by atoms with E-state index < -0.39 is 0 Å². The summed E-state index contributed by atoms with van der Waals surface area (Å²) in [4.78, 5) is 3.24. The van der Waals surface area contributed by atoms with Gasteiger partial charge in [-0.05, 0) is 38.4 Å². The van der Waals surface area contributed by atoms with E-state index in [-0.39, 0.29) is 0 Å². The Morgan fingerprint density at radius 2 is 2.50 bits per heavy atom. The highest BCUT2D eigenvalue weighted by atomic mass is 15.0. The number of rotatable bonds is 3. The molecule has 0 bridgehead atoms. The molecule has 3 heteroatoms. The fourth-order valence-electron chi connectivity index (χ4n) is 2.05. The Labute approximate surface area is 85.3 Å². The average Bonchev–Trinajstić information content (AvgIpc) is 2.72. The fraction of sp³-hybridized carbons (Fsp3) is 0.636. The topological polar surface area (TPSA) is 39.8 Å². The first-order valence-electron chi connectivity index (χ1n) is 5.46. The van der Waals surface area contributed by atoms with E-state index in [9.17, 15) is 0 Å². The third-order valence-electron chi connectivity index (χ3n) is 2.87. The van der Waals surface area contributed by atoms with E-state index in [1.165, 1.54) is 25.1 Å². The molecular weight excluding hydrogens is 174 g/mol. The van der Waals surface area contributed by atoms with E-state index >= 15 is 0 Å². The Morgan fingerprint density at radius 3 is 3.14 bits per heavy atom. The van der Waals surface area contributed by atoms with E-state index in [1.54, 1.807) is 0 Å². The monoisotopic (exact) mass is 193 g/mol. The lowest BCUT2D eigenvalue weighted by Gasteiger charge is -2.26. The molecule has 2 atom stereocenters. The maximum atomic E-state index is 3.63. The molecule has 2 heterocycles. The van der Waals surface area contributed by atoms with Crippen LogP contribution in [-0.4, -0.2) is 24.1 Å². The molecule has 0 saturated carbocycles. The smallest absolute Gasteiger partial charge is 0.0446 e. The van der Waals surface area contributed by atoms with Crippen LogP contribution in [0.1, 0.15) is 31.5 Å². The normalized spacial score (nSPS) is 24.8. The van der Waals surface area contributed by atoms with Crippen LogP contribution in [0.5, 0.6) is 0 Å². The summed E-state index contributed by atoms with van der Waals surface area (Å²) in [6.07, 6.45) is 4.56. The summed E-state index contributed by atoms with van der Waals surface area (Å²) < 4.78 is 0. The molecule has 1 aliphatic heterocycles. The number of aromatic nitrogens is 1. The van der Waals surface area contributed by atoms with Crippen molar-refractivity contribution in [1.82, 2.24) is 15.6 Å². The van der Waals surface area contributed by atoms with Gasteiger partial charge in [-0.3, -0.25) is 0 Å². The van der Waals surface area contributed by atoms with Gasteiger partial charge in [0.1, 0.15) is 0 Å². The average molecular weight is 193 g/mol. The van der Waals surface area contributed by atoms with Crippen LogP contribution in [0.25, 0.3) is 0 Å². The number of aromatic amines is 1. The molecule has 3 N–H and O–H groups in total. The molecule has 2 rings (SSSR count). The second-order valence-electron chi connectivity index (χ2n) is 4.06. The lowest BCUT2D eigenvalue weighted by molar-refractivity contribution is 0.360. The Balaban J connectivity index is 1.84. The molecule has 0 aromatic carbocycles. The quantitative estimate of drug-likeness (QED) is 0.679. The third-order valence-corrected chi connectivity index (χ3v) is 2.87. The predicted octanol–water partition coefficient (Wildman–Crippen LogP) is 1.42. The summed E-state index contributed by atoms with van der Waals surface area (Å²) in [6, 6.07) is 5.23. The lowest BCUT2D eigenvalue weighted by atomic mass is 10.1. The first-order chi connectivity index (χ1) is 6.86. The van der Waals surface area contributed by atoms with Crippen LogP contribution in [0.4, 0.5) is 0 Å². The van der Waals surface area contributed by atoms with Gasteiger partial charge in [0.25, 0.3) is 0 Å². The number of piperidine rings is 1. The minimum absolute atomic E-state index is 0.426. The number of hydrogen-bond donors (Lipinski definition) is 3. The maximum absolute atomic E-state index is 3.63. The summed E-state index contributed by atoms with van der Waals surface area (Å²) in [5, 5.41) is 7.04. The van der Waals surface area contributed by atoms with Gasteiger partial charge in [-0.1, -0.05) is 0 Å². The van der Waals surface area contributed by atoms with Gasteiger partial charge in [0.2, 0.25) is 0 Å². The first-order valence-corrected chi connectivity index (χ1v) is 5.46. The van der Waals surface area contributed by atoms with Crippen molar-refractivity contribution < 1.29 is 0 Å². The first kappa shape index (κ1) is 9.74. The van der Waals surface area contributed by atoms with Gasteiger partial charge in [-0.25, -0.2) is 0 Å². The van der Waals surface area contributed by atoms with Gasteiger partial charge >= 0.3 is 0 Å². The summed E-state index contributed by atoms with van der Waals surface area (Å²) in [5.74, 6) is 0. The van der Waals surface area contributed by atoms with Crippen molar-refractivity contribution in [3.63, 3.8) is 0 Å². The second-order valence-corrected chi connectivity index (χ2v) is 4.06. The summed E-state index contributed by atoms with van der Waals surface area (Å²) in [6.45, 7) is 4.49. The molecule has 1 aliphatic rings. The lowest BCUT2D eigenvalue weighted by Crippen LogP contribution is -2.44. The highest BCUT2D eigenvalue weighted by Crippen LogP contribution is 2.12. The maximum Gasteiger partial charge on any atom is 0.0446 e. The molecular formula is C11H19N3. The highest BCUT2D eigenvalue weighted by Gasteiger charge is 2.15. The van der Waals surface area contributed by atoms with Crippen molar-refractivity contribution in [3.05, 3.63) is 24.0 Å². The van der Waals surface area contributed by atoms with Crippen LogP contribution >= 0.6 is 0 Å². The van der Waals surface area contributed by atoms with Crippen LogP contribution in [0, 0.1) is 0 Å². The van der Waals surface area contributed by atoms with E-state index in [1.807, 2.05) is 12.3 Å². The Hall–Kier alpha value is -0.800. The summed E-state index contributed by atoms with van der Waals surface area (Å²) in [7, 11) is 0. The van der Waals surface area contributed by atoms with Crippen molar-refractivity contribution in [3.8, 4) is 0 Å². The Bertz CT molecular complexity index is 250. The molecule has 14 heavy (non-hydrogen) atoms. The van der Waals surface area contributed by atoms with Gasteiger partial charge in [-0.2, -0.15) is 0 Å². The number of H-pyrrole nitrogens is 1. The number of nitrogens with one attached hydrogen (secondary N) is 3.